The zero-order valence-electron chi connectivity index (χ0n) is 24.7. The Morgan fingerprint density at radius 2 is 1.15 bits per heavy atom. The molecular weight excluding hydrogens is 521 g/mol. The summed E-state index contributed by atoms with van der Waals surface area (Å²) in [7, 11) is -0.606. The minimum absolute atomic E-state index is 0.0628. The average Bonchev–Trinajstić information content (AvgIpc) is 3.44. The number of benzene rings is 3. The molecule has 41 heavy (non-hydrogen) atoms. The van der Waals surface area contributed by atoms with E-state index in [1.165, 1.54) is 75.3 Å². The van der Waals surface area contributed by atoms with Crippen molar-refractivity contribution in [3.63, 3.8) is 0 Å². The van der Waals surface area contributed by atoms with E-state index in [1.807, 2.05) is 0 Å². The molecule has 3 nitrogen and oxygen atoms in total. The van der Waals surface area contributed by atoms with Crippen LogP contribution >= 0.6 is 8.15 Å². The predicted molar refractivity (Wildman–Crippen MR) is 172 cm³/mol. The molecule has 0 saturated heterocycles. The first-order valence-corrected chi connectivity index (χ1v) is 17.5. The number of nitrogens with zero attached hydrogens (tertiary/aromatic N) is 1. The van der Waals surface area contributed by atoms with Crippen LogP contribution in [0.2, 0.25) is 0 Å². The number of hydrogen-bond acceptors (Lipinski definition) is 3. The number of rotatable bonds is 10. The maximum Gasteiger partial charge on any atom is 0.216 e. The standard InChI is InChI=1S/C37H46NO2P/c1-29-35(38-36(39-29)32-21-11-4-12-22-32)37(27-30-17-7-2-8-18-30,28-31-19-9-3-10-20-31)40-41(33-23-13-5-14-24-33)34-25-15-6-16-26-34/h2-4,7-12,17-22,29,33-35H,5-6,13-16,23-28H2,1H3/t29-,35-/m0/s1. The summed E-state index contributed by atoms with van der Waals surface area (Å²) in [4.78, 5) is 5.43. The molecule has 2 fully saturated rings. The van der Waals surface area contributed by atoms with Gasteiger partial charge >= 0.3 is 0 Å². The van der Waals surface area contributed by atoms with Gasteiger partial charge in [-0.15, -0.1) is 0 Å². The lowest BCUT2D eigenvalue weighted by molar-refractivity contribution is 0.0193. The van der Waals surface area contributed by atoms with Crippen LogP contribution in [-0.4, -0.2) is 35.0 Å². The third kappa shape index (κ3) is 6.95. The molecule has 2 aliphatic carbocycles. The molecule has 0 bridgehead atoms. The highest BCUT2D eigenvalue weighted by atomic mass is 31.1. The van der Waals surface area contributed by atoms with Crippen LogP contribution in [0.4, 0.5) is 0 Å². The second-order valence-corrected chi connectivity index (χ2v) is 14.9. The topological polar surface area (TPSA) is 30.8 Å². The highest BCUT2D eigenvalue weighted by molar-refractivity contribution is 7.54. The van der Waals surface area contributed by atoms with Crippen molar-refractivity contribution in [3.05, 3.63) is 108 Å². The lowest BCUT2D eigenvalue weighted by Crippen LogP contribution is -2.51. The smallest absolute Gasteiger partial charge is 0.216 e. The molecule has 1 heterocycles. The van der Waals surface area contributed by atoms with Crippen molar-refractivity contribution in [2.45, 2.75) is 113 Å². The van der Waals surface area contributed by atoms with Crippen LogP contribution in [0.3, 0.4) is 0 Å². The van der Waals surface area contributed by atoms with E-state index in [0.717, 1.165) is 24.3 Å². The molecule has 0 amide bonds. The summed E-state index contributed by atoms with van der Waals surface area (Å²) >= 11 is 0. The van der Waals surface area contributed by atoms with E-state index in [2.05, 4.69) is 97.9 Å². The normalized spacial score (nSPS) is 22.4. The SMILES string of the molecule is C[C@@H]1OC(c2ccccc2)=N[C@@H]1C(Cc1ccccc1)(Cc1ccccc1)OP(C1CCCCC1)C1CCCCC1. The molecule has 2 atom stereocenters. The fourth-order valence-corrected chi connectivity index (χ4v) is 10.7. The third-order valence-electron chi connectivity index (χ3n) is 9.41. The van der Waals surface area contributed by atoms with Gasteiger partial charge in [-0.25, -0.2) is 4.99 Å². The molecule has 216 valence electrons. The molecule has 0 aromatic heterocycles. The molecule has 0 radical (unpaired) electrons. The summed E-state index contributed by atoms with van der Waals surface area (Å²) in [5, 5.41) is 0. The molecular formula is C37H46NO2P. The number of ether oxygens (including phenoxy) is 1. The third-order valence-corrected chi connectivity index (χ3v) is 12.5. The van der Waals surface area contributed by atoms with Crippen LogP contribution in [0.1, 0.15) is 87.8 Å². The van der Waals surface area contributed by atoms with Crippen molar-refractivity contribution in [2.75, 3.05) is 0 Å². The summed E-state index contributed by atoms with van der Waals surface area (Å²) in [6, 6.07) is 32.3. The van der Waals surface area contributed by atoms with Gasteiger partial charge in [-0.1, -0.05) is 117 Å². The Labute approximate surface area is 248 Å². The quantitative estimate of drug-likeness (QED) is 0.228. The van der Waals surface area contributed by atoms with E-state index in [0.29, 0.717) is 11.3 Å². The van der Waals surface area contributed by atoms with E-state index in [1.54, 1.807) is 0 Å². The van der Waals surface area contributed by atoms with Gasteiger partial charge in [0, 0.05) is 37.9 Å². The van der Waals surface area contributed by atoms with E-state index in [9.17, 15) is 0 Å². The minimum Gasteiger partial charge on any atom is -0.472 e. The summed E-state index contributed by atoms with van der Waals surface area (Å²) in [5.41, 5.74) is 4.60. The zero-order valence-corrected chi connectivity index (χ0v) is 25.6. The maximum atomic E-state index is 7.94. The van der Waals surface area contributed by atoms with Gasteiger partial charge in [-0.2, -0.15) is 0 Å². The lowest BCUT2D eigenvalue weighted by Gasteiger charge is -2.47. The zero-order chi connectivity index (χ0) is 27.9. The Morgan fingerprint density at radius 1 is 0.683 bits per heavy atom. The van der Waals surface area contributed by atoms with Gasteiger partial charge in [0.05, 0.1) is 0 Å². The molecule has 0 spiro atoms. The monoisotopic (exact) mass is 567 g/mol. The van der Waals surface area contributed by atoms with E-state index in [4.69, 9.17) is 14.3 Å². The first-order valence-electron chi connectivity index (χ1n) is 16.1. The molecule has 2 saturated carbocycles. The molecule has 3 aliphatic rings. The first kappa shape index (κ1) is 28.6. The van der Waals surface area contributed by atoms with Crippen molar-refractivity contribution in [3.8, 4) is 0 Å². The van der Waals surface area contributed by atoms with Gasteiger partial charge in [0.1, 0.15) is 17.7 Å². The molecule has 4 heteroatoms. The van der Waals surface area contributed by atoms with Crippen LogP contribution in [0.25, 0.3) is 0 Å². The predicted octanol–water partition coefficient (Wildman–Crippen LogP) is 9.52. The Kier molecular flexibility index (Phi) is 9.54. The van der Waals surface area contributed by atoms with Gasteiger partial charge in [-0.3, -0.25) is 0 Å². The lowest BCUT2D eigenvalue weighted by atomic mass is 9.80. The molecule has 0 unspecified atom stereocenters. The molecule has 0 N–H and O–H groups in total. The van der Waals surface area contributed by atoms with Crippen LogP contribution in [0.5, 0.6) is 0 Å². The number of aliphatic imine (C=N–C) groups is 1. The first-order chi connectivity index (χ1) is 20.2. The van der Waals surface area contributed by atoms with Gasteiger partial charge in [0.2, 0.25) is 5.90 Å². The van der Waals surface area contributed by atoms with E-state index < -0.39 is 13.7 Å². The molecule has 3 aromatic rings. The second kappa shape index (κ2) is 13.7. The van der Waals surface area contributed by atoms with Crippen molar-refractivity contribution in [1.29, 1.82) is 0 Å². The summed E-state index contributed by atoms with van der Waals surface area (Å²) in [5.74, 6) is 0.761. The fraction of sp³-hybridized carbons (Fsp3) is 0.486. The van der Waals surface area contributed by atoms with Crippen LogP contribution < -0.4 is 0 Å². The highest BCUT2D eigenvalue weighted by Crippen LogP contribution is 2.60. The Balaban J connectivity index is 1.46. The van der Waals surface area contributed by atoms with E-state index in [-0.39, 0.29) is 12.1 Å². The van der Waals surface area contributed by atoms with Crippen molar-refractivity contribution < 1.29 is 9.26 Å². The Bertz CT molecular complexity index is 1180. The second-order valence-electron chi connectivity index (χ2n) is 12.5. The van der Waals surface area contributed by atoms with Crippen LogP contribution in [0.15, 0.2) is 96.0 Å². The summed E-state index contributed by atoms with van der Waals surface area (Å²) in [6.07, 6.45) is 15.1. The van der Waals surface area contributed by atoms with Crippen LogP contribution in [-0.2, 0) is 22.1 Å². The number of hydrogen-bond donors (Lipinski definition) is 0. The summed E-state index contributed by atoms with van der Waals surface area (Å²) in [6.45, 7) is 2.21. The Hall–Kier alpha value is -2.48. The highest BCUT2D eigenvalue weighted by Gasteiger charge is 2.50. The van der Waals surface area contributed by atoms with Crippen molar-refractivity contribution in [2.24, 2.45) is 4.99 Å². The molecule has 1 aliphatic heterocycles. The molecule has 3 aromatic carbocycles. The van der Waals surface area contributed by atoms with Crippen molar-refractivity contribution >= 4 is 14.0 Å². The van der Waals surface area contributed by atoms with Crippen LogP contribution in [0, 0.1) is 0 Å². The molecule has 6 rings (SSSR count). The summed E-state index contributed by atoms with van der Waals surface area (Å²) < 4.78 is 14.5. The van der Waals surface area contributed by atoms with Gasteiger partial charge in [0.25, 0.3) is 0 Å². The maximum absolute atomic E-state index is 7.94. The minimum atomic E-state index is -0.606. The largest absolute Gasteiger partial charge is 0.472 e. The van der Waals surface area contributed by atoms with Gasteiger partial charge < -0.3 is 9.26 Å². The fourth-order valence-electron chi connectivity index (χ4n) is 7.37. The van der Waals surface area contributed by atoms with Gasteiger partial charge in [0.15, 0.2) is 0 Å². The van der Waals surface area contributed by atoms with Gasteiger partial charge in [-0.05, 0) is 55.9 Å². The Morgan fingerprint density at radius 3 is 1.63 bits per heavy atom. The van der Waals surface area contributed by atoms with E-state index >= 15 is 0 Å². The average molecular weight is 568 g/mol. The van der Waals surface area contributed by atoms with Crippen molar-refractivity contribution in [1.82, 2.24) is 0 Å².